The van der Waals surface area contributed by atoms with Crippen molar-refractivity contribution in [3.05, 3.63) is 174 Å². The minimum atomic E-state index is 0.519. The molecule has 1 aliphatic carbocycles. The number of aromatic nitrogens is 1. The Bertz CT molecular complexity index is 2480. The Balaban J connectivity index is 1.32. The van der Waals surface area contributed by atoms with Gasteiger partial charge in [-0.15, -0.1) is 0 Å². The van der Waals surface area contributed by atoms with Crippen molar-refractivity contribution < 1.29 is 0 Å². The molecule has 8 aromatic rings. The van der Waals surface area contributed by atoms with Crippen LogP contribution in [0.5, 0.6) is 0 Å². The number of fused-ring (bicyclic) bond motifs is 6. The lowest BCUT2D eigenvalue weighted by molar-refractivity contribution is 0.654. The van der Waals surface area contributed by atoms with Crippen LogP contribution in [0.1, 0.15) is 36.0 Å². The quantitative estimate of drug-likeness (QED) is 0.181. The van der Waals surface area contributed by atoms with Crippen LogP contribution in [0.15, 0.2) is 158 Å². The van der Waals surface area contributed by atoms with E-state index in [0.29, 0.717) is 5.92 Å². The summed E-state index contributed by atoms with van der Waals surface area (Å²) in [7, 11) is 0. The average molecular weight is 616 g/mol. The van der Waals surface area contributed by atoms with Gasteiger partial charge in [-0.2, -0.15) is 0 Å². The second kappa shape index (κ2) is 11.5. The van der Waals surface area contributed by atoms with E-state index in [1.165, 1.54) is 88.7 Å². The summed E-state index contributed by atoms with van der Waals surface area (Å²) < 4.78 is 2.49. The number of hydrogen-bond acceptors (Lipinski definition) is 0. The second-order valence-corrected chi connectivity index (χ2v) is 13.2. The van der Waals surface area contributed by atoms with E-state index in [-0.39, 0.29) is 0 Å². The van der Waals surface area contributed by atoms with Crippen LogP contribution in [0.25, 0.3) is 72.0 Å². The molecular weight excluding hydrogens is 579 g/mol. The van der Waals surface area contributed by atoms with Crippen molar-refractivity contribution in [3.63, 3.8) is 0 Å². The van der Waals surface area contributed by atoms with E-state index in [1.807, 2.05) is 0 Å². The molecule has 1 unspecified atom stereocenters. The van der Waals surface area contributed by atoms with Gasteiger partial charge >= 0.3 is 0 Å². The molecule has 0 bridgehead atoms. The van der Waals surface area contributed by atoms with Crippen molar-refractivity contribution in [2.24, 2.45) is 0 Å². The summed E-state index contributed by atoms with van der Waals surface area (Å²) in [4.78, 5) is 0. The van der Waals surface area contributed by atoms with Crippen molar-refractivity contribution >= 4 is 21.8 Å². The molecule has 1 heteroatoms. The predicted molar refractivity (Wildman–Crippen MR) is 204 cm³/mol. The molecule has 230 valence electrons. The summed E-state index contributed by atoms with van der Waals surface area (Å²) >= 11 is 0. The predicted octanol–water partition coefficient (Wildman–Crippen LogP) is 12.8. The molecule has 0 N–H and O–H groups in total. The van der Waals surface area contributed by atoms with Gasteiger partial charge in [0.25, 0.3) is 0 Å². The molecule has 7 aromatic carbocycles. The number of hydrogen-bond donors (Lipinski definition) is 0. The maximum Gasteiger partial charge on any atom is 0.0619 e. The highest BCUT2D eigenvalue weighted by molar-refractivity contribution is 6.15. The summed E-state index contributed by atoms with van der Waals surface area (Å²) in [6.07, 6.45) is 2.19. The SMILES string of the molecule is CCC1Cc2c(cccc2-c2c(C)cccc2-c2cccc3c4ccccc4n(-c4cccc(-c5ccccc5)c4)c23)-c2ccccc21. The maximum absolute atomic E-state index is 2.49. The highest BCUT2D eigenvalue weighted by Gasteiger charge is 2.27. The van der Waals surface area contributed by atoms with E-state index < -0.39 is 0 Å². The first-order valence-corrected chi connectivity index (χ1v) is 17.2. The van der Waals surface area contributed by atoms with E-state index in [0.717, 1.165) is 12.8 Å². The number of nitrogens with zero attached hydrogens (tertiary/aromatic N) is 1. The van der Waals surface area contributed by atoms with Gasteiger partial charge in [-0.25, -0.2) is 0 Å². The van der Waals surface area contributed by atoms with Gasteiger partial charge in [-0.05, 0) is 99.5 Å². The van der Waals surface area contributed by atoms with Gasteiger partial charge in [0.15, 0.2) is 0 Å². The minimum Gasteiger partial charge on any atom is -0.309 e. The summed E-state index contributed by atoms with van der Waals surface area (Å²) in [5.74, 6) is 0.519. The van der Waals surface area contributed by atoms with Crippen molar-refractivity contribution in [3.8, 4) is 50.2 Å². The first-order chi connectivity index (χ1) is 23.7. The summed E-state index contributed by atoms with van der Waals surface area (Å²) in [6.45, 7) is 4.62. The minimum absolute atomic E-state index is 0.519. The standard InChI is InChI=1S/C47H37N/c1-3-32-30-44-38(37-21-8-7-20-36(32)37)23-13-25-41(44)46-31(2)15-11-24-40(46)43-27-14-26-42-39-22-9-10-28-45(39)48(47(42)43)35-19-12-18-34(29-35)33-16-5-4-6-17-33/h4-29,32H,3,30H2,1-2H3. The van der Waals surface area contributed by atoms with Gasteiger partial charge in [0.2, 0.25) is 0 Å². The number of benzene rings is 7. The van der Waals surface area contributed by atoms with E-state index in [2.05, 4.69) is 176 Å². The molecule has 1 nitrogen and oxygen atoms in total. The zero-order valence-electron chi connectivity index (χ0n) is 27.4. The molecule has 0 spiro atoms. The number of para-hydroxylation sites is 2. The average Bonchev–Trinajstić information content (AvgIpc) is 3.49. The van der Waals surface area contributed by atoms with Crippen LogP contribution < -0.4 is 0 Å². The van der Waals surface area contributed by atoms with Crippen molar-refractivity contribution in [1.82, 2.24) is 4.57 Å². The molecular formula is C47H37N. The molecule has 1 aromatic heterocycles. The zero-order chi connectivity index (χ0) is 32.2. The third kappa shape index (κ3) is 4.46. The van der Waals surface area contributed by atoms with Crippen LogP contribution in [0, 0.1) is 6.92 Å². The van der Waals surface area contributed by atoms with Gasteiger partial charge in [-0.3, -0.25) is 0 Å². The van der Waals surface area contributed by atoms with Gasteiger partial charge in [-0.1, -0.05) is 146 Å². The fourth-order valence-electron chi connectivity index (χ4n) is 8.32. The summed E-state index contributed by atoms with van der Waals surface area (Å²) in [6, 6.07) is 58.3. The largest absolute Gasteiger partial charge is 0.309 e. The van der Waals surface area contributed by atoms with Gasteiger partial charge in [0, 0.05) is 22.0 Å². The Labute approximate surface area is 282 Å². The fraction of sp³-hybridized carbons (Fsp3) is 0.106. The number of aryl methyl sites for hydroxylation is 1. The lowest BCUT2D eigenvalue weighted by atomic mass is 9.74. The molecule has 0 saturated carbocycles. The first kappa shape index (κ1) is 28.6. The van der Waals surface area contributed by atoms with Crippen molar-refractivity contribution in [2.45, 2.75) is 32.6 Å². The first-order valence-electron chi connectivity index (χ1n) is 17.2. The zero-order valence-corrected chi connectivity index (χ0v) is 27.4. The third-order valence-corrected chi connectivity index (χ3v) is 10.5. The molecule has 0 amide bonds. The monoisotopic (exact) mass is 615 g/mol. The van der Waals surface area contributed by atoms with Crippen molar-refractivity contribution in [1.29, 1.82) is 0 Å². The Morgan fingerprint density at radius 2 is 1.19 bits per heavy atom. The number of rotatable bonds is 5. The Kier molecular flexibility index (Phi) is 6.87. The highest BCUT2D eigenvalue weighted by atomic mass is 15.0. The molecule has 0 radical (unpaired) electrons. The molecule has 1 heterocycles. The van der Waals surface area contributed by atoms with E-state index in [1.54, 1.807) is 0 Å². The molecule has 0 saturated heterocycles. The van der Waals surface area contributed by atoms with E-state index in [4.69, 9.17) is 0 Å². The Morgan fingerprint density at radius 3 is 2.08 bits per heavy atom. The van der Waals surface area contributed by atoms with Crippen LogP contribution in [0.3, 0.4) is 0 Å². The lowest BCUT2D eigenvalue weighted by Gasteiger charge is -2.30. The van der Waals surface area contributed by atoms with Gasteiger partial charge in [0.05, 0.1) is 11.0 Å². The normalized spacial score (nSPS) is 13.8. The van der Waals surface area contributed by atoms with E-state index in [9.17, 15) is 0 Å². The lowest BCUT2D eigenvalue weighted by Crippen LogP contribution is -2.12. The van der Waals surface area contributed by atoms with Crippen LogP contribution >= 0.6 is 0 Å². The van der Waals surface area contributed by atoms with Gasteiger partial charge < -0.3 is 4.57 Å². The Morgan fingerprint density at radius 1 is 0.542 bits per heavy atom. The maximum atomic E-state index is 2.49. The van der Waals surface area contributed by atoms with Crippen LogP contribution in [-0.4, -0.2) is 4.57 Å². The Hall–Kier alpha value is -5.66. The third-order valence-electron chi connectivity index (χ3n) is 10.5. The molecule has 48 heavy (non-hydrogen) atoms. The molecule has 0 fully saturated rings. The topological polar surface area (TPSA) is 4.93 Å². The smallest absolute Gasteiger partial charge is 0.0619 e. The van der Waals surface area contributed by atoms with Crippen molar-refractivity contribution in [2.75, 3.05) is 0 Å². The van der Waals surface area contributed by atoms with Crippen LogP contribution in [-0.2, 0) is 6.42 Å². The molecule has 0 aliphatic heterocycles. The highest BCUT2D eigenvalue weighted by Crippen LogP contribution is 2.48. The van der Waals surface area contributed by atoms with Crippen LogP contribution in [0.4, 0.5) is 0 Å². The summed E-state index contributed by atoms with van der Waals surface area (Å²) in [5.41, 5.74) is 18.4. The van der Waals surface area contributed by atoms with E-state index >= 15 is 0 Å². The van der Waals surface area contributed by atoms with Gasteiger partial charge in [0.1, 0.15) is 0 Å². The molecule has 1 aliphatic rings. The molecule has 1 atom stereocenters. The summed E-state index contributed by atoms with van der Waals surface area (Å²) in [5, 5.41) is 2.55. The second-order valence-electron chi connectivity index (χ2n) is 13.2. The molecule has 9 rings (SSSR count). The fourth-order valence-corrected chi connectivity index (χ4v) is 8.32. The van der Waals surface area contributed by atoms with Crippen LogP contribution in [0.2, 0.25) is 0 Å².